The number of furan rings is 1. The van der Waals surface area contributed by atoms with Crippen LogP contribution in [0.25, 0.3) is 0 Å². The fourth-order valence-corrected chi connectivity index (χ4v) is 1.60. The Hall–Kier alpha value is -1.29. The molecule has 4 nitrogen and oxygen atoms in total. The molecule has 1 aromatic rings. The van der Waals surface area contributed by atoms with E-state index in [0.29, 0.717) is 6.54 Å². The Labute approximate surface area is 89.0 Å². The summed E-state index contributed by atoms with van der Waals surface area (Å²) in [6, 6.07) is 3.78. The topological polar surface area (TPSA) is 59.5 Å². The van der Waals surface area contributed by atoms with Gasteiger partial charge in [0.2, 0.25) is 5.91 Å². The number of likely N-dealkylation sites (N-methyl/N-ethyl adjacent to an activating group) is 1. The first-order valence-corrected chi connectivity index (χ1v) is 5.11. The average Bonchev–Trinajstić information content (AvgIpc) is 2.80. The van der Waals surface area contributed by atoms with Crippen LogP contribution in [0.4, 0.5) is 0 Å². The van der Waals surface area contributed by atoms with Gasteiger partial charge in [0.15, 0.2) is 0 Å². The van der Waals surface area contributed by atoms with Crippen LogP contribution >= 0.6 is 0 Å². The maximum atomic E-state index is 11.8. The Morgan fingerprint density at radius 2 is 2.27 bits per heavy atom. The first kappa shape index (κ1) is 10.2. The summed E-state index contributed by atoms with van der Waals surface area (Å²) >= 11 is 0. The molecule has 2 rings (SSSR count). The van der Waals surface area contributed by atoms with Crippen molar-refractivity contribution in [3.8, 4) is 0 Å². The fraction of sp³-hybridized carbons (Fsp3) is 0.545. The lowest BCUT2D eigenvalue weighted by Gasteiger charge is -2.19. The van der Waals surface area contributed by atoms with Gasteiger partial charge in [-0.05, 0) is 31.9 Å². The van der Waals surface area contributed by atoms with Gasteiger partial charge in [0.1, 0.15) is 11.5 Å². The van der Waals surface area contributed by atoms with Crippen LogP contribution in [-0.4, -0.2) is 23.4 Å². The van der Waals surface area contributed by atoms with Crippen molar-refractivity contribution in [2.75, 3.05) is 7.05 Å². The minimum Gasteiger partial charge on any atom is -0.464 e. The van der Waals surface area contributed by atoms with Gasteiger partial charge in [0.25, 0.3) is 0 Å². The molecule has 0 radical (unpaired) electrons. The highest BCUT2D eigenvalue weighted by Gasteiger charge is 2.47. The lowest BCUT2D eigenvalue weighted by Crippen LogP contribution is -2.43. The first-order valence-electron chi connectivity index (χ1n) is 5.11. The van der Waals surface area contributed by atoms with Gasteiger partial charge in [-0.25, -0.2) is 0 Å². The fourth-order valence-electron chi connectivity index (χ4n) is 1.60. The normalized spacial score (nSPS) is 17.5. The number of hydrogen-bond donors (Lipinski definition) is 1. The van der Waals surface area contributed by atoms with Crippen LogP contribution < -0.4 is 5.73 Å². The van der Waals surface area contributed by atoms with E-state index >= 15 is 0 Å². The Morgan fingerprint density at radius 3 is 2.73 bits per heavy atom. The highest BCUT2D eigenvalue weighted by atomic mass is 16.3. The molecule has 1 aromatic heterocycles. The molecule has 0 aromatic carbocycles. The summed E-state index contributed by atoms with van der Waals surface area (Å²) in [6.45, 7) is 2.38. The lowest BCUT2D eigenvalue weighted by molar-refractivity contribution is -0.133. The predicted octanol–water partition coefficient (Wildman–Crippen LogP) is 1.04. The minimum atomic E-state index is -0.587. The van der Waals surface area contributed by atoms with Crippen molar-refractivity contribution in [2.45, 2.75) is 31.8 Å². The van der Waals surface area contributed by atoms with E-state index in [9.17, 15) is 4.79 Å². The van der Waals surface area contributed by atoms with Gasteiger partial charge >= 0.3 is 0 Å². The van der Waals surface area contributed by atoms with E-state index in [1.165, 1.54) is 0 Å². The number of carbonyl (C=O) groups is 1. The number of amides is 1. The summed E-state index contributed by atoms with van der Waals surface area (Å²) in [5.74, 6) is 1.67. The molecule has 1 saturated carbocycles. The summed E-state index contributed by atoms with van der Waals surface area (Å²) in [4.78, 5) is 13.4. The standard InChI is InChI=1S/C11H16N2O2/c1-8-3-4-9(15-8)7-13(2)10(14)11(12)5-6-11/h3-4H,5-7,12H2,1-2H3. The third-order valence-corrected chi connectivity index (χ3v) is 2.75. The van der Waals surface area contributed by atoms with Crippen LogP contribution in [0.5, 0.6) is 0 Å². The quantitative estimate of drug-likeness (QED) is 0.807. The van der Waals surface area contributed by atoms with Crippen LogP contribution in [0.15, 0.2) is 16.5 Å². The number of aryl methyl sites for hydroxylation is 1. The average molecular weight is 208 g/mol. The zero-order valence-corrected chi connectivity index (χ0v) is 9.12. The number of carbonyl (C=O) groups excluding carboxylic acids is 1. The van der Waals surface area contributed by atoms with E-state index in [1.54, 1.807) is 11.9 Å². The van der Waals surface area contributed by atoms with Crippen molar-refractivity contribution >= 4 is 5.91 Å². The van der Waals surface area contributed by atoms with Crippen LogP contribution in [0.3, 0.4) is 0 Å². The summed E-state index contributed by atoms with van der Waals surface area (Å²) in [5.41, 5.74) is 5.24. The Balaban J connectivity index is 1.97. The molecule has 15 heavy (non-hydrogen) atoms. The molecular formula is C11H16N2O2. The molecule has 4 heteroatoms. The highest BCUT2D eigenvalue weighted by molar-refractivity contribution is 5.88. The van der Waals surface area contributed by atoms with E-state index in [4.69, 9.17) is 10.2 Å². The highest BCUT2D eigenvalue weighted by Crippen LogP contribution is 2.34. The molecule has 1 heterocycles. The van der Waals surface area contributed by atoms with Gasteiger partial charge in [-0.3, -0.25) is 4.79 Å². The van der Waals surface area contributed by atoms with Crippen LogP contribution in [0, 0.1) is 6.92 Å². The lowest BCUT2D eigenvalue weighted by atomic mass is 10.2. The van der Waals surface area contributed by atoms with Crippen molar-refractivity contribution in [1.82, 2.24) is 4.90 Å². The molecule has 2 N–H and O–H groups in total. The molecule has 0 bridgehead atoms. The molecule has 1 aliphatic rings. The summed E-state index contributed by atoms with van der Waals surface area (Å²) in [5, 5.41) is 0. The molecule has 0 saturated heterocycles. The maximum Gasteiger partial charge on any atom is 0.242 e. The number of nitrogens with zero attached hydrogens (tertiary/aromatic N) is 1. The van der Waals surface area contributed by atoms with E-state index < -0.39 is 5.54 Å². The number of hydrogen-bond acceptors (Lipinski definition) is 3. The van der Waals surface area contributed by atoms with Crippen molar-refractivity contribution in [3.63, 3.8) is 0 Å². The van der Waals surface area contributed by atoms with Crippen LogP contribution in [-0.2, 0) is 11.3 Å². The van der Waals surface area contributed by atoms with E-state index in [1.807, 2.05) is 19.1 Å². The molecule has 1 fully saturated rings. The minimum absolute atomic E-state index is 0.0107. The second-order valence-corrected chi connectivity index (χ2v) is 4.33. The third kappa shape index (κ3) is 2.04. The smallest absolute Gasteiger partial charge is 0.242 e. The second kappa shape index (κ2) is 3.38. The summed E-state index contributed by atoms with van der Waals surface area (Å²) < 4.78 is 5.40. The zero-order valence-electron chi connectivity index (χ0n) is 9.12. The van der Waals surface area contributed by atoms with Gasteiger partial charge in [0.05, 0.1) is 12.1 Å². The molecule has 0 spiro atoms. The SMILES string of the molecule is Cc1ccc(CN(C)C(=O)C2(N)CC2)o1. The Kier molecular flexibility index (Phi) is 2.31. The molecular weight excluding hydrogens is 192 g/mol. The van der Waals surface area contributed by atoms with E-state index in [-0.39, 0.29) is 5.91 Å². The van der Waals surface area contributed by atoms with Crippen molar-refractivity contribution in [1.29, 1.82) is 0 Å². The largest absolute Gasteiger partial charge is 0.464 e. The number of nitrogens with two attached hydrogens (primary N) is 1. The second-order valence-electron chi connectivity index (χ2n) is 4.33. The summed E-state index contributed by atoms with van der Waals surface area (Å²) in [7, 11) is 1.76. The van der Waals surface area contributed by atoms with E-state index in [2.05, 4.69) is 0 Å². The molecule has 0 atom stereocenters. The van der Waals surface area contributed by atoms with Gasteiger partial charge in [-0.1, -0.05) is 0 Å². The molecule has 1 aliphatic carbocycles. The summed E-state index contributed by atoms with van der Waals surface area (Å²) in [6.07, 6.45) is 1.60. The van der Waals surface area contributed by atoms with Crippen molar-refractivity contribution in [2.24, 2.45) is 5.73 Å². The molecule has 82 valence electrons. The zero-order chi connectivity index (χ0) is 11.1. The first-order chi connectivity index (χ1) is 7.01. The predicted molar refractivity (Wildman–Crippen MR) is 56.1 cm³/mol. The number of rotatable bonds is 3. The van der Waals surface area contributed by atoms with Gasteiger partial charge in [0, 0.05) is 7.05 Å². The van der Waals surface area contributed by atoms with Crippen LogP contribution in [0.1, 0.15) is 24.4 Å². The monoisotopic (exact) mass is 208 g/mol. The Bertz CT molecular complexity index is 380. The third-order valence-electron chi connectivity index (χ3n) is 2.75. The molecule has 0 unspecified atom stereocenters. The van der Waals surface area contributed by atoms with Gasteiger partial charge < -0.3 is 15.1 Å². The Morgan fingerprint density at radius 1 is 1.60 bits per heavy atom. The van der Waals surface area contributed by atoms with Gasteiger partial charge in [-0.2, -0.15) is 0 Å². The van der Waals surface area contributed by atoms with Crippen molar-refractivity contribution < 1.29 is 9.21 Å². The van der Waals surface area contributed by atoms with Gasteiger partial charge in [-0.15, -0.1) is 0 Å². The van der Waals surface area contributed by atoms with Crippen molar-refractivity contribution in [3.05, 3.63) is 23.7 Å². The van der Waals surface area contributed by atoms with Crippen LogP contribution in [0.2, 0.25) is 0 Å². The molecule has 0 aliphatic heterocycles. The van der Waals surface area contributed by atoms with E-state index in [0.717, 1.165) is 24.4 Å². The maximum absolute atomic E-state index is 11.8. The molecule has 1 amide bonds.